The number of aromatic amines is 1. The normalized spacial score (nSPS) is 11.0. The first kappa shape index (κ1) is 18.4. The summed E-state index contributed by atoms with van der Waals surface area (Å²) < 4.78 is 5.40. The van der Waals surface area contributed by atoms with Gasteiger partial charge in [-0.1, -0.05) is 32.0 Å². The smallest absolute Gasteiger partial charge is 0.263 e. The third kappa shape index (κ3) is 3.48. The molecule has 3 aromatic rings. The summed E-state index contributed by atoms with van der Waals surface area (Å²) in [5.74, 6) is 0.406. The van der Waals surface area contributed by atoms with Crippen LogP contribution in [0.2, 0.25) is 0 Å². The zero-order valence-corrected chi connectivity index (χ0v) is 15.5. The Bertz CT molecular complexity index is 1060. The molecule has 0 atom stereocenters. The van der Waals surface area contributed by atoms with E-state index in [1.807, 2.05) is 26.0 Å². The standard InChI is InChI=1S/C20H22N4O3/c1-11(2)9-23-19(25)16-17(21)13-6-4-5-12(18(13)24-20(16)26)14-10-22-8-7-15(14)27-3/h4-8,10-11H,9H2,1-3H3,(H,23,25)(H3,21,24,26). The molecule has 7 heteroatoms. The number of fused-ring (bicyclic) bond motifs is 1. The first-order valence-electron chi connectivity index (χ1n) is 8.65. The number of amides is 1. The molecule has 1 aromatic carbocycles. The summed E-state index contributed by atoms with van der Waals surface area (Å²) >= 11 is 0. The quantitative estimate of drug-likeness (QED) is 0.643. The van der Waals surface area contributed by atoms with E-state index < -0.39 is 11.5 Å². The zero-order valence-electron chi connectivity index (χ0n) is 15.5. The van der Waals surface area contributed by atoms with Crippen LogP contribution in [0.1, 0.15) is 24.2 Å². The number of para-hydroxylation sites is 1. The van der Waals surface area contributed by atoms with Gasteiger partial charge in [0.05, 0.1) is 18.3 Å². The van der Waals surface area contributed by atoms with Crippen molar-refractivity contribution in [2.75, 3.05) is 19.4 Å². The predicted molar refractivity (Wildman–Crippen MR) is 106 cm³/mol. The van der Waals surface area contributed by atoms with Crippen LogP contribution in [0, 0.1) is 5.92 Å². The Morgan fingerprint density at radius 1 is 1.30 bits per heavy atom. The average molecular weight is 366 g/mol. The number of hydrogen-bond donors (Lipinski definition) is 3. The van der Waals surface area contributed by atoms with Crippen LogP contribution in [-0.4, -0.2) is 29.5 Å². The summed E-state index contributed by atoms with van der Waals surface area (Å²) in [7, 11) is 1.57. The number of carbonyl (C=O) groups excluding carboxylic acids is 1. The minimum absolute atomic E-state index is 0.0709. The fourth-order valence-corrected chi connectivity index (χ4v) is 2.94. The van der Waals surface area contributed by atoms with Crippen LogP contribution < -0.4 is 21.3 Å². The van der Waals surface area contributed by atoms with Crippen molar-refractivity contribution in [3.8, 4) is 16.9 Å². The van der Waals surface area contributed by atoms with Gasteiger partial charge in [0.1, 0.15) is 11.3 Å². The number of methoxy groups -OCH3 is 1. The minimum atomic E-state index is -0.531. The van der Waals surface area contributed by atoms with E-state index >= 15 is 0 Å². The number of nitrogen functional groups attached to an aromatic ring is 1. The summed E-state index contributed by atoms with van der Waals surface area (Å²) in [5, 5.41) is 3.33. The van der Waals surface area contributed by atoms with Crippen molar-refractivity contribution in [1.82, 2.24) is 15.3 Å². The van der Waals surface area contributed by atoms with Crippen molar-refractivity contribution < 1.29 is 9.53 Å². The Kier molecular flexibility index (Phi) is 5.12. The zero-order chi connectivity index (χ0) is 19.6. The van der Waals surface area contributed by atoms with Crippen molar-refractivity contribution in [2.45, 2.75) is 13.8 Å². The fourth-order valence-electron chi connectivity index (χ4n) is 2.94. The maximum atomic E-state index is 12.6. The number of benzene rings is 1. The van der Waals surface area contributed by atoms with Gasteiger partial charge in [-0.2, -0.15) is 0 Å². The van der Waals surface area contributed by atoms with E-state index in [0.717, 1.165) is 11.1 Å². The number of anilines is 1. The van der Waals surface area contributed by atoms with Crippen molar-refractivity contribution in [2.24, 2.45) is 5.92 Å². The van der Waals surface area contributed by atoms with Crippen molar-refractivity contribution in [1.29, 1.82) is 0 Å². The Labute approximate surface area is 156 Å². The molecule has 27 heavy (non-hydrogen) atoms. The third-order valence-electron chi connectivity index (χ3n) is 4.28. The van der Waals surface area contributed by atoms with Gasteiger partial charge in [0.25, 0.3) is 11.5 Å². The van der Waals surface area contributed by atoms with Crippen LogP contribution in [0.15, 0.2) is 41.5 Å². The molecular weight excluding hydrogens is 344 g/mol. The molecule has 7 nitrogen and oxygen atoms in total. The molecule has 0 bridgehead atoms. The van der Waals surface area contributed by atoms with Gasteiger partial charge in [-0.05, 0) is 12.0 Å². The predicted octanol–water partition coefficient (Wildman–Crippen LogP) is 2.57. The van der Waals surface area contributed by atoms with E-state index in [-0.39, 0.29) is 17.2 Å². The molecule has 4 N–H and O–H groups in total. The van der Waals surface area contributed by atoms with Gasteiger partial charge >= 0.3 is 0 Å². The number of pyridine rings is 2. The molecule has 0 fully saturated rings. The molecule has 2 heterocycles. The number of hydrogen-bond acceptors (Lipinski definition) is 5. The van der Waals surface area contributed by atoms with Gasteiger partial charge in [-0.15, -0.1) is 0 Å². The minimum Gasteiger partial charge on any atom is -0.496 e. The average Bonchev–Trinajstić information content (AvgIpc) is 2.66. The highest BCUT2D eigenvalue weighted by atomic mass is 16.5. The van der Waals surface area contributed by atoms with Crippen molar-refractivity contribution in [3.63, 3.8) is 0 Å². The summed E-state index contributed by atoms with van der Waals surface area (Å²) in [4.78, 5) is 32.0. The Morgan fingerprint density at radius 2 is 2.07 bits per heavy atom. The van der Waals surface area contributed by atoms with E-state index in [1.165, 1.54) is 0 Å². The first-order valence-corrected chi connectivity index (χ1v) is 8.65. The second-order valence-corrected chi connectivity index (χ2v) is 6.65. The second-order valence-electron chi connectivity index (χ2n) is 6.65. The van der Waals surface area contributed by atoms with E-state index in [0.29, 0.717) is 23.2 Å². The van der Waals surface area contributed by atoms with Gasteiger partial charge in [-0.25, -0.2) is 0 Å². The van der Waals surface area contributed by atoms with Gasteiger partial charge in [-0.3, -0.25) is 14.6 Å². The first-order chi connectivity index (χ1) is 12.9. The van der Waals surface area contributed by atoms with E-state index in [4.69, 9.17) is 10.5 Å². The van der Waals surface area contributed by atoms with E-state index in [2.05, 4.69) is 15.3 Å². The summed E-state index contributed by atoms with van der Waals surface area (Å²) in [6.45, 7) is 4.41. The number of ether oxygens (including phenoxy) is 1. The summed E-state index contributed by atoms with van der Waals surface area (Å²) in [6.07, 6.45) is 3.28. The van der Waals surface area contributed by atoms with Crippen LogP contribution in [-0.2, 0) is 0 Å². The maximum absolute atomic E-state index is 12.6. The Morgan fingerprint density at radius 3 is 2.78 bits per heavy atom. The molecule has 0 saturated heterocycles. The summed E-state index contributed by atoms with van der Waals surface area (Å²) in [5.41, 5.74) is 7.74. The highest BCUT2D eigenvalue weighted by Crippen LogP contribution is 2.34. The van der Waals surface area contributed by atoms with E-state index in [1.54, 1.807) is 31.6 Å². The molecule has 0 aliphatic rings. The fraction of sp³-hybridized carbons (Fsp3) is 0.250. The lowest BCUT2D eigenvalue weighted by Gasteiger charge is -2.14. The largest absolute Gasteiger partial charge is 0.496 e. The number of carbonyl (C=O) groups is 1. The number of nitrogens with zero attached hydrogens (tertiary/aromatic N) is 1. The van der Waals surface area contributed by atoms with Gasteiger partial charge < -0.3 is 20.8 Å². The highest BCUT2D eigenvalue weighted by Gasteiger charge is 2.20. The monoisotopic (exact) mass is 366 g/mol. The van der Waals surface area contributed by atoms with Crippen LogP contribution in [0.5, 0.6) is 5.75 Å². The molecule has 0 spiro atoms. The molecule has 1 amide bonds. The van der Waals surface area contributed by atoms with Crippen LogP contribution in [0.25, 0.3) is 22.0 Å². The second kappa shape index (κ2) is 7.49. The van der Waals surface area contributed by atoms with Crippen LogP contribution in [0.4, 0.5) is 5.69 Å². The van der Waals surface area contributed by atoms with Crippen molar-refractivity contribution >= 4 is 22.5 Å². The lowest BCUT2D eigenvalue weighted by molar-refractivity contribution is 0.0948. The van der Waals surface area contributed by atoms with Gasteiger partial charge in [0.2, 0.25) is 0 Å². The van der Waals surface area contributed by atoms with E-state index in [9.17, 15) is 9.59 Å². The molecule has 0 radical (unpaired) electrons. The molecule has 2 aromatic heterocycles. The molecular formula is C20H22N4O3. The third-order valence-corrected chi connectivity index (χ3v) is 4.28. The maximum Gasteiger partial charge on any atom is 0.263 e. The topological polar surface area (TPSA) is 110 Å². The molecule has 0 aliphatic heterocycles. The van der Waals surface area contributed by atoms with Crippen LogP contribution >= 0.6 is 0 Å². The molecule has 0 aliphatic carbocycles. The van der Waals surface area contributed by atoms with Gasteiger partial charge in [0.15, 0.2) is 0 Å². The van der Waals surface area contributed by atoms with Crippen LogP contribution in [0.3, 0.4) is 0 Å². The molecule has 140 valence electrons. The number of nitrogens with one attached hydrogen (secondary N) is 2. The number of nitrogens with two attached hydrogens (primary N) is 1. The number of rotatable bonds is 5. The Balaban J connectivity index is 2.19. The van der Waals surface area contributed by atoms with Gasteiger partial charge in [0, 0.05) is 35.5 Å². The molecule has 0 saturated carbocycles. The molecule has 0 unspecified atom stereocenters. The highest BCUT2D eigenvalue weighted by molar-refractivity contribution is 6.09. The SMILES string of the molecule is COc1ccncc1-c1cccc2c(N)c(C(=O)NCC(C)C)c(=O)[nH]c12. The van der Waals surface area contributed by atoms with Crippen molar-refractivity contribution in [3.05, 3.63) is 52.6 Å². The molecule has 3 rings (SSSR count). The Hall–Kier alpha value is -3.35. The summed E-state index contributed by atoms with van der Waals surface area (Å²) in [6, 6.07) is 7.17. The number of H-pyrrole nitrogens is 1. The number of aromatic nitrogens is 2. The lowest BCUT2D eigenvalue weighted by atomic mass is 10.00. The lowest BCUT2D eigenvalue weighted by Crippen LogP contribution is -2.33.